The summed E-state index contributed by atoms with van der Waals surface area (Å²) >= 11 is 0. The van der Waals surface area contributed by atoms with Crippen molar-refractivity contribution in [2.45, 2.75) is 0 Å². The Bertz CT molecular complexity index is 15.5. The van der Waals surface area contributed by atoms with Gasteiger partial charge in [0.05, 0.1) is 0 Å². The van der Waals surface area contributed by atoms with Crippen LogP contribution in [0, 0.1) is 0 Å². The van der Waals surface area contributed by atoms with Crippen molar-refractivity contribution in [3.05, 3.63) is 0 Å². The molecule has 5 heteroatoms. The van der Waals surface area contributed by atoms with Crippen molar-refractivity contribution in [1.29, 1.82) is 0 Å². The van der Waals surface area contributed by atoms with E-state index in [1.165, 1.54) is 0 Å². The third-order valence-corrected chi connectivity index (χ3v) is 0. The summed E-state index contributed by atoms with van der Waals surface area (Å²) in [6, 6.07) is 0. The predicted octanol–water partition coefficient (Wildman–Crippen LogP) is -2.89. The summed E-state index contributed by atoms with van der Waals surface area (Å²) in [5.74, 6) is 0. The first-order chi connectivity index (χ1) is 0. The summed E-state index contributed by atoms with van der Waals surface area (Å²) < 4.78 is 0. The smallest absolute Gasteiger partial charge is 1.00 e. The minimum absolute atomic E-state index is 0. The van der Waals surface area contributed by atoms with Crippen molar-refractivity contribution < 1.29 is 92.6 Å². The Morgan fingerprint density at radius 3 is 1.20 bits per heavy atom. The van der Waals surface area contributed by atoms with E-state index < -0.39 is 0 Å². The fourth-order valence-electron chi connectivity index (χ4n) is 0. The van der Waals surface area contributed by atoms with Crippen LogP contribution in [0.5, 0.6) is 0 Å². The predicted molar refractivity (Wildman–Crippen MR) is 1.11 cm³/mol. The second-order valence-electron chi connectivity index (χ2n) is 0. The van der Waals surface area contributed by atoms with Gasteiger partial charge in [-0.1, -0.05) is 0 Å². The van der Waals surface area contributed by atoms with Crippen LogP contribution in [0.1, 0.15) is 1.43 Å². The van der Waals surface area contributed by atoms with E-state index in [9.17, 15) is 0 Å². The quantitative estimate of drug-likeness (QED) is 0.388. The molecule has 31 valence electrons. The molecule has 0 unspecified atom stereocenters. The molecule has 0 amide bonds. The average Bonchev–Trinajstić information content (AvgIpc) is 0. The van der Waals surface area contributed by atoms with E-state index in [0.717, 1.165) is 0 Å². The summed E-state index contributed by atoms with van der Waals surface area (Å²) in [5, 5.41) is 0. The van der Waals surface area contributed by atoms with Crippen molar-refractivity contribution in [3.63, 3.8) is 0 Å². The van der Waals surface area contributed by atoms with Crippen molar-refractivity contribution in [2.24, 2.45) is 0 Å². The van der Waals surface area contributed by atoms with Gasteiger partial charge in [0.15, 0.2) is 0 Å². The van der Waals surface area contributed by atoms with Crippen LogP contribution in [-0.2, 0) is 72.3 Å². The largest absolute Gasteiger partial charge is 1.00 e. The van der Waals surface area contributed by atoms with Crippen LogP contribution in [0.2, 0.25) is 0 Å². The Morgan fingerprint density at radius 1 is 1.20 bits per heavy atom. The first-order valence-corrected chi connectivity index (χ1v) is 0. The molecule has 0 saturated carbocycles. The molecule has 5 heavy (non-hydrogen) atoms. The zero-order valence-electron chi connectivity index (χ0n) is 3.55. The van der Waals surface area contributed by atoms with Crippen LogP contribution >= 0.6 is 0 Å². The van der Waals surface area contributed by atoms with Crippen LogP contribution in [0.3, 0.4) is 0 Å². The number of rotatable bonds is 0. The van der Waals surface area contributed by atoms with E-state index in [2.05, 4.69) is 0 Å². The topological polar surface area (TPSA) is 0 Å². The molecular formula is HFeLiMnNiTi. The SMILES string of the molecule is [Fe].[H-].[Li+].[Mn].[Ni].[Ti]. The van der Waals surface area contributed by atoms with Crippen LogP contribution in [-0.4, -0.2) is 0 Å². The Morgan fingerprint density at radius 2 is 1.20 bits per heavy atom. The van der Waals surface area contributed by atoms with Crippen molar-refractivity contribution in [3.8, 4) is 0 Å². The fraction of sp³-hybridized carbons (Fsp3) is 0. The Balaban J connectivity index is 0. The molecule has 0 aromatic carbocycles. The first kappa shape index (κ1) is 45.4. The first-order valence-electron chi connectivity index (χ1n) is 0. The minimum Gasteiger partial charge on any atom is -1.00 e. The summed E-state index contributed by atoms with van der Waals surface area (Å²) in [6.07, 6.45) is 0. The van der Waals surface area contributed by atoms with E-state index in [1.807, 2.05) is 0 Å². The molecule has 0 atom stereocenters. The van der Waals surface area contributed by atoms with E-state index in [1.54, 1.807) is 0 Å². The van der Waals surface area contributed by atoms with Gasteiger partial charge in [0.25, 0.3) is 0 Å². The molecule has 0 spiro atoms. The van der Waals surface area contributed by atoms with E-state index >= 15 is 0 Å². The molecule has 0 nitrogen and oxygen atoms in total. The summed E-state index contributed by atoms with van der Waals surface area (Å²) in [6.45, 7) is 0. The summed E-state index contributed by atoms with van der Waals surface area (Å²) in [5.41, 5.74) is 0. The molecule has 0 heterocycles. The van der Waals surface area contributed by atoms with Gasteiger partial charge >= 0.3 is 18.9 Å². The third-order valence-electron chi connectivity index (χ3n) is 0. The van der Waals surface area contributed by atoms with E-state index in [4.69, 9.17) is 0 Å². The summed E-state index contributed by atoms with van der Waals surface area (Å²) in [4.78, 5) is 0. The monoisotopic (exact) mass is 225 g/mol. The Kier molecular flexibility index (Phi) is 263. The zero-order valence-corrected chi connectivity index (χ0v) is 7.38. The number of hydrogen-bond donors (Lipinski definition) is 0. The second kappa shape index (κ2) is 28.9. The third kappa shape index (κ3) is 19.9. The molecule has 1 radical (unpaired) electrons. The maximum absolute atomic E-state index is 0. The van der Waals surface area contributed by atoms with Gasteiger partial charge in [-0.2, -0.15) is 0 Å². The van der Waals surface area contributed by atoms with E-state index in [-0.39, 0.29) is 92.6 Å². The average molecular weight is 225 g/mol. The van der Waals surface area contributed by atoms with Crippen molar-refractivity contribution in [1.82, 2.24) is 0 Å². The maximum atomic E-state index is 0. The van der Waals surface area contributed by atoms with Gasteiger partial charge in [0, 0.05) is 72.3 Å². The van der Waals surface area contributed by atoms with Crippen LogP contribution < -0.4 is 18.9 Å². The Hall–Kier alpha value is 2.84. The van der Waals surface area contributed by atoms with Crippen molar-refractivity contribution in [2.75, 3.05) is 0 Å². The fourth-order valence-corrected chi connectivity index (χ4v) is 0. The van der Waals surface area contributed by atoms with Gasteiger partial charge < -0.3 is 1.43 Å². The van der Waals surface area contributed by atoms with Crippen LogP contribution in [0.15, 0.2) is 0 Å². The van der Waals surface area contributed by atoms with Crippen LogP contribution in [0.25, 0.3) is 0 Å². The number of hydrogen-bond acceptors (Lipinski definition) is 0. The standard InChI is InChI=1S/Fe.Li.Mn.Ni.Ti.H/q;+1;;;;-1. The molecule has 0 saturated heterocycles. The van der Waals surface area contributed by atoms with Crippen molar-refractivity contribution >= 4 is 0 Å². The minimum atomic E-state index is 0. The Labute approximate surface area is 91.4 Å². The molecule has 0 aliphatic heterocycles. The molecule has 0 fully saturated rings. The summed E-state index contributed by atoms with van der Waals surface area (Å²) in [7, 11) is 0. The molecule has 0 aromatic rings. The van der Waals surface area contributed by atoms with E-state index in [0.29, 0.717) is 0 Å². The normalized spacial score (nSPS) is 0. The van der Waals surface area contributed by atoms with Crippen LogP contribution in [0.4, 0.5) is 0 Å². The van der Waals surface area contributed by atoms with Gasteiger partial charge in [-0.15, -0.1) is 0 Å². The molecular weight excluding hydrogens is 224 g/mol. The second-order valence-corrected chi connectivity index (χ2v) is 0. The molecule has 0 aromatic heterocycles. The molecule has 0 bridgehead atoms. The zero-order chi connectivity index (χ0) is 0. The van der Waals surface area contributed by atoms with Gasteiger partial charge in [-0.3, -0.25) is 0 Å². The molecule has 0 rings (SSSR count). The van der Waals surface area contributed by atoms with Gasteiger partial charge in [-0.25, -0.2) is 0 Å². The molecule has 0 aliphatic rings. The molecule has 0 N–H and O–H groups in total. The van der Waals surface area contributed by atoms with Gasteiger partial charge in [0.1, 0.15) is 0 Å². The maximum Gasteiger partial charge on any atom is 1.00 e. The van der Waals surface area contributed by atoms with Gasteiger partial charge in [-0.05, 0) is 0 Å². The van der Waals surface area contributed by atoms with Gasteiger partial charge in [0.2, 0.25) is 0 Å². The molecule has 0 aliphatic carbocycles.